The number of rotatable bonds is 4. The molecular weight excluding hydrogens is 284 g/mol. The van der Waals surface area contributed by atoms with Gasteiger partial charge < -0.3 is 4.52 Å². The van der Waals surface area contributed by atoms with Crippen molar-refractivity contribution in [3.8, 4) is 11.4 Å². The maximum Gasteiger partial charge on any atom is 0.237 e. The molecule has 0 bridgehead atoms. The monoisotopic (exact) mass is 298 g/mol. The van der Waals surface area contributed by atoms with Crippen LogP contribution in [-0.2, 0) is 5.75 Å². The lowest BCUT2D eigenvalue weighted by atomic mass is 10.2. The van der Waals surface area contributed by atoms with E-state index in [-0.39, 0.29) is 0 Å². The largest absolute Gasteiger partial charge is 0.338 e. The molecule has 0 radical (unpaired) electrons. The number of hydrogen-bond acceptors (Lipinski definition) is 6. The molecule has 2 aromatic heterocycles. The summed E-state index contributed by atoms with van der Waals surface area (Å²) < 4.78 is 5.28. The van der Waals surface area contributed by atoms with Gasteiger partial charge in [-0.1, -0.05) is 47.3 Å². The van der Waals surface area contributed by atoms with Crippen LogP contribution in [0.3, 0.4) is 0 Å². The Labute approximate surface area is 126 Å². The molecule has 3 rings (SSSR count). The molecule has 2 heterocycles. The maximum absolute atomic E-state index is 5.28. The van der Waals surface area contributed by atoms with Gasteiger partial charge in [0.25, 0.3) is 0 Å². The normalized spacial score (nSPS) is 10.8. The molecule has 0 fully saturated rings. The van der Waals surface area contributed by atoms with Gasteiger partial charge in [0.15, 0.2) is 0 Å². The molecular formula is C15H14N4OS. The Balaban J connectivity index is 1.70. The average molecular weight is 298 g/mol. The molecule has 0 aliphatic heterocycles. The Morgan fingerprint density at radius 2 is 1.86 bits per heavy atom. The van der Waals surface area contributed by atoms with Gasteiger partial charge in [0.2, 0.25) is 11.7 Å². The summed E-state index contributed by atoms with van der Waals surface area (Å²) in [4.78, 5) is 13.0. The lowest BCUT2D eigenvalue weighted by Crippen LogP contribution is -1.93. The van der Waals surface area contributed by atoms with E-state index in [1.165, 1.54) is 0 Å². The van der Waals surface area contributed by atoms with Gasteiger partial charge in [0.05, 0.1) is 5.75 Å². The number of aromatic nitrogens is 4. The first-order valence-electron chi connectivity index (χ1n) is 6.54. The zero-order chi connectivity index (χ0) is 14.7. The molecule has 0 unspecified atom stereocenters. The zero-order valence-corrected chi connectivity index (χ0v) is 12.6. The summed E-state index contributed by atoms with van der Waals surface area (Å²) in [6.45, 7) is 3.84. The number of benzene rings is 1. The summed E-state index contributed by atoms with van der Waals surface area (Å²) in [5.74, 6) is 2.57. The fourth-order valence-corrected chi connectivity index (χ4v) is 2.75. The topological polar surface area (TPSA) is 64.7 Å². The summed E-state index contributed by atoms with van der Waals surface area (Å²) in [5, 5.41) is 4.92. The third-order valence-electron chi connectivity index (χ3n) is 2.79. The number of nitrogens with zero attached hydrogens (tertiary/aromatic N) is 4. The van der Waals surface area contributed by atoms with Gasteiger partial charge >= 0.3 is 0 Å². The van der Waals surface area contributed by atoms with Crippen LogP contribution >= 0.6 is 11.8 Å². The second-order valence-corrected chi connectivity index (χ2v) is 5.56. The van der Waals surface area contributed by atoms with Crippen LogP contribution in [0.4, 0.5) is 0 Å². The highest BCUT2D eigenvalue weighted by Gasteiger charge is 2.09. The molecule has 0 atom stereocenters. The van der Waals surface area contributed by atoms with Gasteiger partial charge in [-0.15, -0.1) is 0 Å². The van der Waals surface area contributed by atoms with Crippen LogP contribution < -0.4 is 0 Å². The van der Waals surface area contributed by atoms with Crippen molar-refractivity contribution >= 4 is 11.8 Å². The zero-order valence-electron chi connectivity index (χ0n) is 11.8. The fraction of sp³-hybridized carbons (Fsp3) is 0.200. The third-order valence-corrected chi connectivity index (χ3v) is 3.68. The minimum atomic E-state index is 0.591. The smallest absolute Gasteiger partial charge is 0.237 e. The molecule has 21 heavy (non-hydrogen) atoms. The Morgan fingerprint density at radius 1 is 1.05 bits per heavy atom. The molecule has 1 aromatic carbocycles. The molecule has 0 N–H and O–H groups in total. The van der Waals surface area contributed by atoms with E-state index >= 15 is 0 Å². The standard InChI is InChI=1S/C15H14N4OS/c1-10-8-14(17-11(2)16-10)21-9-13-18-15(19-20-13)12-6-4-3-5-7-12/h3-8H,9H2,1-2H3. The first kappa shape index (κ1) is 13.8. The molecule has 0 saturated carbocycles. The Bertz CT molecular complexity index is 722. The molecule has 6 heteroatoms. The first-order valence-corrected chi connectivity index (χ1v) is 7.52. The first-order chi connectivity index (χ1) is 10.2. The molecule has 0 aliphatic carbocycles. The van der Waals surface area contributed by atoms with Crippen molar-refractivity contribution in [3.63, 3.8) is 0 Å². The van der Waals surface area contributed by atoms with Gasteiger partial charge in [0.1, 0.15) is 10.9 Å². The van der Waals surface area contributed by atoms with E-state index in [1.807, 2.05) is 50.2 Å². The molecule has 3 aromatic rings. The van der Waals surface area contributed by atoms with E-state index in [9.17, 15) is 0 Å². The highest BCUT2D eigenvalue weighted by Crippen LogP contribution is 2.22. The Kier molecular flexibility index (Phi) is 3.96. The van der Waals surface area contributed by atoms with Gasteiger partial charge in [0, 0.05) is 11.3 Å². The molecule has 0 aliphatic rings. The van der Waals surface area contributed by atoms with E-state index in [4.69, 9.17) is 4.52 Å². The van der Waals surface area contributed by atoms with E-state index in [1.54, 1.807) is 11.8 Å². The van der Waals surface area contributed by atoms with E-state index in [2.05, 4.69) is 20.1 Å². The van der Waals surface area contributed by atoms with Gasteiger partial charge in [-0.3, -0.25) is 0 Å². The Morgan fingerprint density at radius 3 is 2.62 bits per heavy atom. The maximum atomic E-state index is 5.28. The van der Waals surface area contributed by atoms with Gasteiger partial charge in [-0.25, -0.2) is 9.97 Å². The quantitative estimate of drug-likeness (QED) is 0.543. The van der Waals surface area contributed by atoms with Crippen molar-refractivity contribution in [2.45, 2.75) is 24.6 Å². The van der Waals surface area contributed by atoms with Crippen molar-refractivity contribution in [2.75, 3.05) is 0 Å². The second kappa shape index (κ2) is 6.05. The van der Waals surface area contributed by atoms with Crippen LogP contribution in [0.15, 0.2) is 45.9 Å². The summed E-state index contributed by atoms with van der Waals surface area (Å²) in [5.41, 5.74) is 1.91. The lowest BCUT2D eigenvalue weighted by Gasteiger charge is -2.00. The highest BCUT2D eigenvalue weighted by molar-refractivity contribution is 7.98. The molecule has 5 nitrogen and oxygen atoms in total. The molecule has 0 amide bonds. The van der Waals surface area contributed by atoms with Crippen LogP contribution in [0.25, 0.3) is 11.4 Å². The predicted molar refractivity (Wildman–Crippen MR) is 80.8 cm³/mol. The van der Waals surface area contributed by atoms with Crippen LogP contribution in [0, 0.1) is 13.8 Å². The minimum Gasteiger partial charge on any atom is -0.338 e. The number of thioether (sulfide) groups is 1. The number of aryl methyl sites for hydroxylation is 2. The number of hydrogen-bond donors (Lipinski definition) is 0. The lowest BCUT2D eigenvalue weighted by molar-refractivity contribution is 0.391. The summed E-state index contributed by atoms with van der Waals surface area (Å²) in [7, 11) is 0. The van der Waals surface area contributed by atoms with E-state index < -0.39 is 0 Å². The van der Waals surface area contributed by atoms with Crippen LogP contribution in [-0.4, -0.2) is 20.1 Å². The van der Waals surface area contributed by atoms with Crippen LogP contribution in [0.2, 0.25) is 0 Å². The van der Waals surface area contributed by atoms with Crippen LogP contribution in [0.5, 0.6) is 0 Å². The van der Waals surface area contributed by atoms with E-state index in [0.29, 0.717) is 17.5 Å². The third kappa shape index (κ3) is 3.46. The SMILES string of the molecule is Cc1cc(SCc2nc(-c3ccccc3)no2)nc(C)n1. The Hall–Kier alpha value is -2.21. The minimum absolute atomic E-state index is 0.591. The van der Waals surface area contributed by atoms with Crippen molar-refractivity contribution in [3.05, 3.63) is 53.8 Å². The van der Waals surface area contributed by atoms with Crippen molar-refractivity contribution in [1.82, 2.24) is 20.1 Å². The van der Waals surface area contributed by atoms with Gasteiger partial charge in [-0.2, -0.15) is 4.98 Å². The van der Waals surface area contributed by atoms with Crippen molar-refractivity contribution in [1.29, 1.82) is 0 Å². The van der Waals surface area contributed by atoms with Crippen molar-refractivity contribution in [2.24, 2.45) is 0 Å². The average Bonchev–Trinajstić information content (AvgIpc) is 2.94. The fourth-order valence-electron chi connectivity index (χ4n) is 1.91. The summed E-state index contributed by atoms with van der Waals surface area (Å²) in [6.07, 6.45) is 0. The predicted octanol–water partition coefficient (Wildman–Crippen LogP) is 3.44. The van der Waals surface area contributed by atoms with Gasteiger partial charge in [-0.05, 0) is 19.9 Å². The molecule has 0 spiro atoms. The molecule has 0 saturated heterocycles. The van der Waals surface area contributed by atoms with E-state index in [0.717, 1.165) is 22.1 Å². The highest BCUT2D eigenvalue weighted by atomic mass is 32.2. The summed E-state index contributed by atoms with van der Waals surface area (Å²) >= 11 is 1.56. The van der Waals surface area contributed by atoms with Crippen LogP contribution in [0.1, 0.15) is 17.4 Å². The second-order valence-electron chi connectivity index (χ2n) is 4.56. The van der Waals surface area contributed by atoms with Crippen molar-refractivity contribution < 1.29 is 4.52 Å². The molecule has 106 valence electrons. The summed E-state index contributed by atoms with van der Waals surface area (Å²) in [6, 6.07) is 11.7.